The molecule has 0 saturated carbocycles. The molecule has 0 amide bonds. The van der Waals surface area contributed by atoms with Gasteiger partial charge in [0.1, 0.15) is 20.2 Å². The van der Waals surface area contributed by atoms with Gasteiger partial charge in [0.2, 0.25) is 0 Å². The van der Waals surface area contributed by atoms with Crippen LogP contribution in [0.4, 0.5) is 0 Å². The molecule has 0 spiro atoms. The van der Waals surface area contributed by atoms with Crippen LogP contribution in [0, 0.1) is 0 Å². The second-order valence-electron chi connectivity index (χ2n) is 21.5. The molecule has 0 N–H and O–H groups in total. The van der Waals surface area contributed by atoms with Crippen LogP contribution >= 0.6 is 0 Å². The van der Waals surface area contributed by atoms with Crippen molar-refractivity contribution in [3.63, 3.8) is 0 Å². The van der Waals surface area contributed by atoms with Crippen LogP contribution in [-0.2, 0) is 39.2 Å². The monoisotopic (exact) mass is 1250 g/mol. The molecule has 17 heteroatoms. The van der Waals surface area contributed by atoms with Crippen LogP contribution in [0.1, 0.15) is 300 Å². The van der Waals surface area contributed by atoms with E-state index in [1.165, 1.54) is 77.0 Å². The predicted molar refractivity (Wildman–Crippen MR) is 341 cm³/mol. The normalized spacial score (nSPS) is 11.7. The third kappa shape index (κ3) is 43.6. The van der Waals surface area contributed by atoms with Crippen LogP contribution in [0.25, 0.3) is 0 Å². The summed E-state index contributed by atoms with van der Waals surface area (Å²) in [6.07, 6.45) is 56.2. The molecular weight excluding hydrogens is 1140 g/mol. The summed E-state index contributed by atoms with van der Waals surface area (Å²) in [5.74, 6) is -3.17. The summed E-state index contributed by atoms with van der Waals surface area (Å²) in [5.41, 5.74) is -0.746. The summed E-state index contributed by atoms with van der Waals surface area (Å²) in [6, 6.07) is 6.14. The van der Waals surface area contributed by atoms with Crippen molar-refractivity contribution in [2.45, 2.75) is 269 Å². The first kappa shape index (κ1) is 81.4. The van der Waals surface area contributed by atoms with Gasteiger partial charge in [-0.15, -0.1) is 0 Å². The SMILES string of the molecule is CCCCC/C=C/CCCCCCOC(=O)c1ccc(S(=O)(=O)[O-])cc1C(=O)OCCCCCC/C=C/CCCCC.CCCCC/C=C/CCCCCCOC(=O)c1ccc(S(=O)(=O)[O-])cc1C(=O)OCCCCCC/C=C/CCCCC.[Ca+2]. The summed E-state index contributed by atoms with van der Waals surface area (Å²) >= 11 is 0. The van der Waals surface area contributed by atoms with Crippen LogP contribution in [-0.4, -0.2) is 114 Å². The fraction of sp³-hybridized carbons (Fsp3) is 0.647. The maximum atomic E-state index is 12.8. The van der Waals surface area contributed by atoms with E-state index < -0.39 is 53.9 Å². The van der Waals surface area contributed by atoms with Gasteiger partial charge in [-0.1, -0.05) is 179 Å². The molecule has 0 aromatic heterocycles. The van der Waals surface area contributed by atoms with E-state index in [1.54, 1.807) is 0 Å². The van der Waals surface area contributed by atoms with Crippen LogP contribution in [0.5, 0.6) is 0 Å². The number of unbranched alkanes of at least 4 members (excludes halogenated alkanes) is 28. The molecule has 2 aromatic rings. The summed E-state index contributed by atoms with van der Waals surface area (Å²) in [6.45, 7) is 9.45. The zero-order valence-corrected chi connectivity index (χ0v) is 56.4. The summed E-state index contributed by atoms with van der Waals surface area (Å²) in [4.78, 5) is 49.8. The van der Waals surface area contributed by atoms with E-state index in [9.17, 15) is 45.1 Å². The molecule has 0 radical (unpaired) electrons. The quantitative estimate of drug-likeness (QED) is 0.0150. The van der Waals surface area contributed by atoms with E-state index in [-0.39, 0.29) is 86.4 Å². The minimum atomic E-state index is -4.81. The van der Waals surface area contributed by atoms with Gasteiger partial charge < -0.3 is 28.1 Å². The van der Waals surface area contributed by atoms with Gasteiger partial charge in [-0.3, -0.25) is 0 Å². The van der Waals surface area contributed by atoms with Gasteiger partial charge in [-0.25, -0.2) is 36.0 Å². The van der Waals surface area contributed by atoms with Gasteiger partial charge in [-0.05, 0) is 165 Å². The Balaban J connectivity index is 0.00000164. The van der Waals surface area contributed by atoms with E-state index in [4.69, 9.17) is 18.9 Å². The second kappa shape index (κ2) is 54.5. The molecule has 2 rings (SSSR count). The summed E-state index contributed by atoms with van der Waals surface area (Å²) in [5, 5.41) is 0. The van der Waals surface area contributed by atoms with Crippen molar-refractivity contribution < 1.29 is 64.1 Å². The number of rotatable bonds is 50. The number of hydrogen-bond donors (Lipinski definition) is 0. The zero-order valence-electron chi connectivity index (χ0n) is 52.6. The first-order valence-electron chi connectivity index (χ1n) is 32.1. The van der Waals surface area contributed by atoms with Crippen molar-refractivity contribution in [3.05, 3.63) is 107 Å². The molecule has 0 bridgehead atoms. The Hall–Kier alpha value is -3.64. The van der Waals surface area contributed by atoms with Crippen molar-refractivity contribution in [2.75, 3.05) is 26.4 Å². The molecule has 0 atom stereocenters. The molecule has 85 heavy (non-hydrogen) atoms. The zero-order chi connectivity index (χ0) is 61.8. The number of hydrogen-bond acceptors (Lipinski definition) is 14. The number of carbonyl (C=O) groups is 4. The van der Waals surface area contributed by atoms with Crippen LogP contribution in [0.2, 0.25) is 0 Å². The molecule has 0 saturated heterocycles. The van der Waals surface area contributed by atoms with E-state index in [2.05, 4.69) is 76.3 Å². The first-order valence-corrected chi connectivity index (χ1v) is 34.9. The Labute approximate surface area is 544 Å². The molecule has 0 unspecified atom stereocenters. The van der Waals surface area contributed by atoms with Crippen molar-refractivity contribution in [1.82, 2.24) is 0 Å². The number of allylic oxidation sites excluding steroid dienone is 8. The summed E-state index contributed by atoms with van der Waals surface area (Å²) in [7, 11) is -9.62. The van der Waals surface area contributed by atoms with Crippen molar-refractivity contribution in [3.8, 4) is 0 Å². The van der Waals surface area contributed by atoms with E-state index in [0.29, 0.717) is 25.7 Å². The Kier molecular flexibility index (Phi) is 52.2. The molecule has 0 aliphatic heterocycles. The van der Waals surface area contributed by atoms with Crippen LogP contribution < -0.4 is 0 Å². The van der Waals surface area contributed by atoms with Crippen molar-refractivity contribution >= 4 is 81.9 Å². The Morgan fingerprint density at radius 1 is 0.318 bits per heavy atom. The number of ether oxygens (including phenoxy) is 4. The van der Waals surface area contributed by atoms with Crippen molar-refractivity contribution in [2.24, 2.45) is 0 Å². The number of esters is 4. The number of benzene rings is 2. The Bertz CT molecular complexity index is 2260. The Morgan fingerprint density at radius 2 is 0.518 bits per heavy atom. The first-order chi connectivity index (χ1) is 40.6. The molecular formula is C68H106CaO14S2. The van der Waals surface area contributed by atoms with E-state index in [0.717, 1.165) is 165 Å². The summed E-state index contributed by atoms with van der Waals surface area (Å²) < 4.78 is 90.5. The second-order valence-corrected chi connectivity index (χ2v) is 24.3. The maximum Gasteiger partial charge on any atom is 2.00 e. The van der Waals surface area contributed by atoms with Gasteiger partial charge in [0.25, 0.3) is 0 Å². The third-order valence-corrected chi connectivity index (χ3v) is 15.7. The topological polar surface area (TPSA) is 220 Å². The molecule has 0 aliphatic carbocycles. The predicted octanol–water partition coefficient (Wildman–Crippen LogP) is 17.8. The van der Waals surface area contributed by atoms with Crippen LogP contribution in [0.3, 0.4) is 0 Å². The van der Waals surface area contributed by atoms with Crippen molar-refractivity contribution in [1.29, 1.82) is 0 Å². The number of carbonyl (C=O) groups excluding carboxylic acids is 4. The molecule has 0 heterocycles. The third-order valence-electron chi connectivity index (χ3n) is 14.0. The minimum Gasteiger partial charge on any atom is -0.744 e. The maximum absolute atomic E-state index is 12.8. The van der Waals surface area contributed by atoms with E-state index in [1.807, 2.05) is 0 Å². The van der Waals surface area contributed by atoms with E-state index >= 15 is 0 Å². The largest absolute Gasteiger partial charge is 2.00 e. The standard InChI is InChI=1S/2C34H54O7S.Ca/c2*1-3-5-7-9-11-13-15-17-19-21-23-27-40-33(35)31-26-25-30(42(37,38)39)29-32(31)34(36)41-28-24-22-20-18-16-14-12-10-8-6-4-2;/h2*11-14,25-26,29H,3-10,15-24,27-28H2,1-2H3,(H,37,38,39);/q;;+2/p-2/b2*13-11+,14-12+;. The molecule has 0 fully saturated rings. The smallest absolute Gasteiger partial charge is 0.744 e. The molecule has 476 valence electrons. The molecule has 14 nitrogen and oxygen atoms in total. The molecule has 0 aliphatic rings. The van der Waals surface area contributed by atoms with Gasteiger partial charge in [0.05, 0.1) is 58.5 Å². The fourth-order valence-electron chi connectivity index (χ4n) is 8.88. The van der Waals surface area contributed by atoms with Gasteiger partial charge in [0.15, 0.2) is 0 Å². The Morgan fingerprint density at radius 3 is 0.729 bits per heavy atom. The van der Waals surface area contributed by atoms with Gasteiger partial charge >= 0.3 is 61.6 Å². The average Bonchev–Trinajstić information content (AvgIpc) is 3.68. The fourth-order valence-corrected chi connectivity index (χ4v) is 9.88. The molecule has 2 aromatic carbocycles. The minimum absolute atomic E-state index is 0. The van der Waals surface area contributed by atoms with Gasteiger partial charge in [-0.2, -0.15) is 0 Å². The van der Waals surface area contributed by atoms with Gasteiger partial charge in [0, 0.05) is 0 Å². The average molecular weight is 1250 g/mol. The van der Waals surface area contributed by atoms with Crippen LogP contribution in [0.15, 0.2) is 94.8 Å².